The first-order valence-corrected chi connectivity index (χ1v) is 13.5. The number of carbonyl (C=O) groups excluding carboxylic acids is 2. The lowest BCUT2D eigenvalue weighted by Gasteiger charge is -2.62. The summed E-state index contributed by atoms with van der Waals surface area (Å²) in [5.41, 5.74) is 3.03. The van der Waals surface area contributed by atoms with Gasteiger partial charge >= 0.3 is 11.9 Å². The van der Waals surface area contributed by atoms with Gasteiger partial charge in [-0.25, -0.2) is 4.79 Å². The van der Waals surface area contributed by atoms with Crippen LogP contribution < -0.4 is 0 Å². The highest BCUT2D eigenvalue weighted by atomic mass is 16.5. The van der Waals surface area contributed by atoms with E-state index >= 15 is 0 Å². The monoisotopic (exact) mass is 508 g/mol. The van der Waals surface area contributed by atoms with Gasteiger partial charge in [0.15, 0.2) is 5.78 Å². The van der Waals surface area contributed by atoms with Gasteiger partial charge in [-0.1, -0.05) is 69.7 Å². The Balaban J connectivity index is 1.85. The van der Waals surface area contributed by atoms with Gasteiger partial charge in [0.1, 0.15) is 6.10 Å². The molecule has 0 saturated heterocycles. The van der Waals surface area contributed by atoms with E-state index in [1.54, 1.807) is 19.1 Å². The Morgan fingerprint density at radius 2 is 1.57 bits per heavy atom. The molecule has 5 unspecified atom stereocenters. The lowest BCUT2D eigenvalue weighted by atomic mass is 9.43. The summed E-state index contributed by atoms with van der Waals surface area (Å²) < 4.78 is 5.76. The summed E-state index contributed by atoms with van der Waals surface area (Å²) in [7, 11) is 0. The molecule has 3 aliphatic rings. The number of Topliss-reactive ketones (excluding diaryl/α,β-unsaturated/α-hetero) is 1. The third kappa shape index (κ3) is 5.46. The van der Waals surface area contributed by atoms with Crippen LogP contribution >= 0.6 is 0 Å². The van der Waals surface area contributed by atoms with Gasteiger partial charge in [-0.2, -0.15) is 0 Å². The van der Waals surface area contributed by atoms with Crippen molar-refractivity contribution in [2.75, 3.05) is 0 Å². The first-order chi connectivity index (χ1) is 17.1. The van der Waals surface area contributed by atoms with Crippen LogP contribution in [0.5, 0.6) is 0 Å². The van der Waals surface area contributed by atoms with Crippen molar-refractivity contribution in [2.45, 2.75) is 93.6 Å². The fraction of sp³-hybridized carbons (Fsp3) is 0.594. The molecule has 0 spiro atoms. The highest BCUT2D eigenvalue weighted by Crippen LogP contribution is 2.69. The molecule has 0 aliphatic heterocycles. The summed E-state index contributed by atoms with van der Waals surface area (Å²) in [4.78, 5) is 36.1. The minimum atomic E-state index is -0.926. The molecule has 0 aromatic heterocycles. The number of carboxylic acids is 1. The number of allylic oxidation sites excluding steroid dienone is 9. The minimum Gasteiger partial charge on any atom is -0.478 e. The third-order valence-electron chi connectivity index (χ3n) is 9.68. The van der Waals surface area contributed by atoms with E-state index in [9.17, 15) is 14.4 Å². The predicted molar refractivity (Wildman–Crippen MR) is 147 cm³/mol. The summed E-state index contributed by atoms with van der Waals surface area (Å²) in [6.45, 7) is 16.2. The first-order valence-electron chi connectivity index (χ1n) is 13.5. The topological polar surface area (TPSA) is 80.7 Å². The molecule has 0 heterocycles. The highest BCUT2D eigenvalue weighted by molar-refractivity contribution is 6.00. The van der Waals surface area contributed by atoms with Gasteiger partial charge in [-0.15, -0.1) is 0 Å². The van der Waals surface area contributed by atoms with Crippen LogP contribution in [0.3, 0.4) is 0 Å². The maximum atomic E-state index is 13.5. The first kappa shape index (κ1) is 28.9. The minimum absolute atomic E-state index is 0.0252. The van der Waals surface area contributed by atoms with Gasteiger partial charge in [0, 0.05) is 35.3 Å². The molecular formula is C32H44O5. The average Bonchev–Trinajstić information content (AvgIpc) is 3.06. The molecule has 202 valence electrons. The molecule has 0 radical (unpaired) electrons. The van der Waals surface area contributed by atoms with Crippen LogP contribution in [-0.4, -0.2) is 28.9 Å². The van der Waals surface area contributed by atoms with Crippen LogP contribution in [0.15, 0.2) is 58.7 Å². The molecule has 1 N–H and O–H groups in total. The van der Waals surface area contributed by atoms with Crippen molar-refractivity contribution in [3.63, 3.8) is 0 Å². The van der Waals surface area contributed by atoms with E-state index < -0.39 is 5.97 Å². The Hall–Kier alpha value is -2.69. The van der Waals surface area contributed by atoms with Crippen LogP contribution in [0, 0.1) is 28.1 Å². The summed E-state index contributed by atoms with van der Waals surface area (Å²) in [5.74, 6) is -0.184. The Kier molecular flexibility index (Phi) is 8.26. The number of rotatable bonds is 6. The van der Waals surface area contributed by atoms with Gasteiger partial charge in [0.2, 0.25) is 0 Å². The Morgan fingerprint density at radius 1 is 0.919 bits per heavy atom. The Morgan fingerprint density at radius 3 is 2.19 bits per heavy atom. The average molecular weight is 509 g/mol. The van der Waals surface area contributed by atoms with Crippen molar-refractivity contribution < 1.29 is 24.2 Å². The van der Waals surface area contributed by atoms with Crippen molar-refractivity contribution in [3.05, 3.63) is 58.7 Å². The molecule has 37 heavy (non-hydrogen) atoms. The normalized spacial score (nSPS) is 35.5. The van der Waals surface area contributed by atoms with Crippen LogP contribution in [0.4, 0.5) is 0 Å². The standard InChI is InChI=1S/C32H44O5/c1-20(12-10-14-22(3)29(35)36)11-9-13-21(2)28-24(34)19-26-31(7)18-16-27(37-23(4)33)30(5,6)25(31)15-17-32(26,28)8/h9-14,25-27H,15-19H2,1-8H3,(H,35,36). The number of carboxylic acid groups (broad SMARTS) is 1. The van der Waals surface area contributed by atoms with Gasteiger partial charge in [-0.3, -0.25) is 9.59 Å². The Labute approximate surface area is 222 Å². The molecule has 3 rings (SSSR count). The van der Waals surface area contributed by atoms with E-state index in [1.165, 1.54) is 6.92 Å². The zero-order valence-corrected chi connectivity index (χ0v) is 23.8. The maximum absolute atomic E-state index is 13.5. The van der Waals surface area contributed by atoms with E-state index in [0.717, 1.165) is 42.4 Å². The molecule has 5 atom stereocenters. The molecule has 3 aliphatic carbocycles. The van der Waals surface area contributed by atoms with E-state index in [4.69, 9.17) is 9.84 Å². The van der Waals surface area contributed by atoms with Gasteiger partial charge < -0.3 is 9.84 Å². The molecule has 5 nitrogen and oxygen atoms in total. The van der Waals surface area contributed by atoms with E-state index in [-0.39, 0.29) is 45.6 Å². The maximum Gasteiger partial charge on any atom is 0.331 e. The van der Waals surface area contributed by atoms with E-state index in [0.29, 0.717) is 12.3 Å². The number of hydrogen-bond acceptors (Lipinski definition) is 4. The molecule has 0 aromatic rings. The van der Waals surface area contributed by atoms with Crippen LogP contribution in [0.2, 0.25) is 0 Å². The van der Waals surface area contributed by atoms with Gasteiger partial charge in [0.05, 0.1) is 0 Å². The lowest BCUT2D eigenvalue weighted by Crippen LogP contribution is -2.58. The Bertz CT molecular complexity index is 1110. The molecule has 5 heteroatoms. The molecule has 3 saturated carbocycles. The summed E-state index contributed by atoms with van der Waals surface area (Å²) in [6, 6.07) is 0. The molecular weight excluding hydrogens is 464 g/mol. The van der Waals surface area contributed by atoms with Crippen molar-refractivity contribution in [1.29, 1.82) is 0 Å². The zero-order chi connectivity index (χ0) is 27.8. The molecule has 0 aromatic carbocycles. The smallest absolute Gasteiger partial charge is 0.331 e. The highest BCUT2D eigenvalue weighted by Gasteiger charge is 2.65. The van der Waals surface area contributed by atoms with E-state index in [1.807, 2.05) is 38.2 Å². The van der Waals surface area contributed by atoms with Crippen molar-refractivity contribution in [2.24, 2.45) is 28.1 Å². The van der Waals surface area contributed by atoms with Crippen molar-refractivity contribution in [1.82, 2.24) is 0 Å². The SMILES string of the molecule is CC(=O)OC1CCC2(C)C3CC(=O)C(=C(C)C=CC=C(C)C=CC=C(C)C(=O)O)C3(C)CCC2C1(C)C. The fourth-order valence-corrected chi connectivity index (χ4v) is 7.87. The van der Waals surface area contributed by atoms with Crippen molar-refractivity contribution in [3.8, 4) is 0 Å². The molecule has 3 fully saturated rings. The second-order valence-corrected chi connectivity index (χ2v) is 12.5. The summed E-state index contributed by atoms with van der Waals surface area (Å²) >= 11 is 0. The fourth-order valence-electron chi connectivity index (χ4n) is 7.87. The van der Waals surface area contributed by atoms with Gasteiger partial charge in [0.25, 0.3) is 0 Å². The zero-order valence-electron chi connectivity index (χ0n) is 23.8. The number of carbonyl (C=O) groups is 3. The van der Waals surface area contributed by atoms with Crippen LogP contribution in [0.1, 0.15) is 87.5 Å². The lowest BCUT2D eigenvalue weighted by molar-refractivity contribution is -0.185. The van der Waals surface area contributed by atoms with Crippen LogP contribution in [-0.2, 0) is 19.1 Å². The predicted octanol–water partition coefficient (Wildman–Crippen LogP) is 7.16. The molecule has 0 bridgehead atoms. The number of fused-ring (bicyclic) bond motifs is 3. The van der Waals surface area contributed by atoms with E-state index in [2.05, 4.69) is 27.7 Å². The number of ether oxygens (including phenoxy) is 1. The third-order valence-corrected chi connectivity index (χ3v) is 9.68. The largest absolute Gasteiger partial charge is 0.478 e. The number of esters is 1. The summed E-state index contributed by atoms with van der Waals surface area (Å²) in [5, 5.41) is 8.95. The summed E-state index contributed by atoms with van der Waals surface area (Å²) in [6.07, 6.45) is 15.5. The van der Waals surface area contributed by atoms with Crippen molar-refractivity contribution >= 4 is 17.7 Å². The molecule has 0 amide bonds. The quantitative estimate of drug-likeness (QED) is 0.234. The number of ketones is 1. The van der Waals surface area contributed by atoms with Gasteiger partial charge in [-0.05, 0) is 69.3 Å². The van der Waals surface area contributed by atoms with Crippen LogP contribution in [0.25, 0.3) is 0 Å². The number of hydrogen-bond donors (Lipinski definition) is 1. The number of aliphatic carboxylic acids is 1. The second-order valence-electron chi connectivity index (χ2n) is 12.5. The second kappa shape index (κ2) is 10.6.